The van der Waals surface area contributed by atoms with Crippen molar-refractivity contribution in [3.05, 3.63) is 421 Å². The maximum absolute atomic E-state index is 10.2. The zero-order valence-electron chi connectivity index (χ0n) is 68.1. The second-order valence-electron chi connectivity index (χ2n) is 31.3. The van der Waals surface area contributed by atoms with E-state index in [0.29, 0.717) is 50.3 Å². The summed E-state index contributed by atoms with van der Waals surface area (Å²) >= 11 is 0. The predicted octanol–water partition coefficient (Wildman–Crippen LogP) is 26.9. The molecule has 0 aliphatic rings. The summed E-state index contributed by atoms with van der Waals surface area (Å²) in [5.41, 5.74) is 28.0. The molecule has 0 radical (unpaired) electrons. The smallest absolute Gasteiger partial charge is 0.138 e. The van der Waals surface area contributed by atoms with Gasteiger partial charge in [0.25, 0.3) is 0 Å². The average Bonchev–Trinajstić information content (AvgIpc) is 1.57. The van der Waals surface area contributed by atoms with E-state index in [0.717, 1.165) is 193 Å². The molecule has 0 aliphatic heterocycles. The SMILES string of the molecule is N#Cc1cccc(-c2cc(-n3c4ccc(-c5ccccc5C#N)cc4c4cc(-c5ccccc5C#N)ccc43)ncc2-n2c3ccc(-c4ccccc4C#N)cc3c3cc(-c4ccccc4C#N)ccc32)c1.N#Cc1cccc(-c2ccc3c4ccccc4n(-c4cc(-c5cccc(C#N)c5)c(-n5c6ccccc6c6ccc(-c7cccc(C#N)c7)cc65)cn4)c3c2)c1. The van der Waals surface area contributed by atoms with Gasteiger partial charge in [-0.2, -0.15) is 42.1 Å². The first kappa shape index (κ1) is 76.3. The summed E-state index contributed by atoms with van der Waals surface area (Å²) in [6, 6.07) is 139. The molecule has 6 heterocycles. The number of aromatic nitrogens is 6. The molecule has 0 saturated carbocycles. The minimum absolute atomic E-state index is 0.507. The van der Waals surface area contributed by atoms with Gasteiger partial charge >= 0.3 is 0 Å². The van der Waals surface area contributed by atoms with Gasteiger partial charge in [-0.05, 0) is 236 Å². The number of nitriles is 8. The highest BCUT2D eigenvalue weighted by Crippen LogP contribution is 2.46. The van der Waals surface area contributed by atoms with Crippen LogP contribution in [0.4, 0.5) is 0 Å². The van der Waals surface area contributed by atoms with Crippen LogP contribution in [0.1, 0.15) is 44.5 Å². The third kappa shape index (κ3) is 13.1. The van der Waals surface area contributed by atoms with Crippen molar-refractivity contribution in [3.63, 3.8) is 0 Å². The van der Waals surface area contributed by atoms with E-state index in [4.69, 9.17) is 9.97 Å². The van der Waals surface area contributed by atoms with E-state index in [1.807, 2.05) is 231 Å². The van der Waals surface area contributed by atoms with Gasteiger partial charge in [-0.1, -0.05) is 206 Å². The van der Waals surface area contributed by atoms with Crippen LogP contribution in [0.5, 0.6) is 0 Å². The highest BCUT2D eigenvalue weighted by Gasteiger charge is 2.26. The van der Waals surface area contributed by atoms with Gasteiger partial charge in [-0.25, -0.2) is 9.97 Å². The molecule has 16 aromatic carbocycles. The van der Waals surface area contributed by atoms with Crippen molar-refractivity contribution >= 4 is 87.2 Å². The first-order chi connectivity index (χ1) is 63.1. The van der Waals surface area contributed by atoms with Crippen molar-refractivity contribution < 1.29 is 0 Å². The first-order valence-electron chi connectivity index (χ1n) is 41.3. The second kappa shape index (κ2) is 31.8. The Labute approximate surface area is 734 Å². The number of pyridine rings is 2. The highest BCUT2D eigenvalue weighted by atomic mass is 15.1. The quantitative estimate of drug-likeness (QED) is 0.112. The molecule has 0 unspecified atom stereocenters. The Hall–Kier alpha value is -19.1. The lowest BCUT2D eigenvalue weighted by molar-refractivity contribution is 1.06. The first-order valence-corrected chi connectivity index (χ1v) is 41.3. The third-order valence-corrected chi connectivity index (χ3v) is 24.2. The van der Waals surface area contributed by atoms with Crippen LogP contribution < -0.4 is 0 Å². The summed E-state index contributed by atoms with van der Waals surface area (Å²) in [6.07, 6.45) is 3.84. The summed E-state index contributed by atoms with van der Waals surface area (Å²) in [6.45, 7) is 0. The van der Waals surface area contributed by atoms with Gasteiger partial charge in [0.05, 0.1) is 161 Å². The second-order valence-corrected chi connectivity index (χ2v) is 31.3. The van der Waals surface area contributed by atoms with Crippen LogP contribution in [0.25, 0.3) is 199 Å². The lowest BCUT2D eigenvalue weighted by Gasteiger charge is -2.17. The van der Waals surface area contributed by atoms with Crippen LogP contribution in [0.2, 0.25) is 0 Å². The van der Waals surface area contributed by atoms with E-state index in [9.17, 15) is 42.1 Å². The number of rotatable bonds is 12. The Morgan fingerprint density at radius 2 is 0.430 bits per heavy atom. The molecule has 0 bridgehead atoms. The summed E-state index contributed by atoms with van der Waals surface area (Å²) < 4.78 is 8.82. The summed E-state index contributed by atoms with van der Waals surface area (Å²) in [7, 11) is 0. The lowest BCUT2D eigenvalue weighted by Crippen LogP contribution is -2.03. The van der Waals surface area contributed by atoms with Gasteiger partial charge in [0.2, 0.25) is 0 Å². The molecule has 6 aromatic heterocycles. The monoisotopic (exact) mass is 1630 g/mol. The molecule has 22 rings (SSSR count). The molecule has 0 amide bonds. The van der Waals surface area contributed by atoms with Crippen LogP contribution in [0.3, 0.4) is 0 Å². The van der Waals surface area contributed by atoms with Crippen molar-refractivity contribution in [3.8, 4) is 161 Å². The molecule has 588 valence electrons. The summed E-state index contributed by atoms with van der Waals surface area (Å²) in [5, 5.41) is 88.2. The number of benzene rings is 16. The molecule has 14 heteroatoms. The van der Waals surface area contributed by atoms with Gasteiger partial charge in [-0.15, -0.1) is 0 Å². The fourth-order valence-electron chi connectivity index (χ4n) is 18.3. The average molecular weight is 1630 g/mol. The number of hydrogen-bond acceptors (Lipinski definition) is 10. The lowest BCUT2D eigenvalue weighted by atomic mass is 9.96. The van der Waals surface area contributed by atoms with Gasteiger partial charge in [0.1, 0.15) is 11.6 Å². The minimum atomic E-state index is 0.507. The van der Waals surface area contributed by atoms with Crippen LogP contribution in [0, 0.1) is 90.6 Å². The Kier molecular flexibility index (Phi) is 19.0. The van der Waals surface area contributed by atoms with E-state index >= 15 is 0 Å². The maximum Gasteiger partial charge on any atom is 0.138 e. The van der Waals surface area contributed by atoms with E-state index in [2.05, 4.69) is 206 Å². The molecular weight excluding hydrogens is 1570 g/mol. The van der Waals surface area contributed by atoms with Crippen molar-refractivity contribution in [2.75, 3.05) is 0 Å². The summed E-state index contributed by atoms with van der Waals surface area (Å²) in [5.74, 6) is 1.37. The topological polar surface area (TPSA) is 236 Å². The van der Waals surface area contributed by atoms with Crippen LogP contribution in [-0.2, 0) is 0 Å². The Morgan fingerprint density at radius 3 is 0.789 bits per heavy atom. The Morgan fingerprint density at radius 1 is 0.172 bits per heavy atom. The maximum atomic E-state index is 10.2. The molecule has 0 saturated heterocycles. The van der Waals surface area contributed by atoms with E-state index < -0.39 is 0 Å². The van der Waals surface area contributed by atoms with Crippen LogP contribution >= 0.6 is 0 Å². The van der Waals surface area contributed by atoms with E-state index in [-0.39, 0.29) is 0 Å². The number of nitrogens with zero attached hydrogens (tertiary/aromatic N) is 14. The van der Waals surface area contributed by atoms with Crippen LogP contribution in [-0.4, -0.2) is 28.2 Å². The zero-order valence-corrected chi connectivity index (χ0v) is 68.1. The van der Waals surface area contributed by atoms with Crippen LogP contribution in [0.15, 0.2) is 376 Å². The van der Waals surface area contributed by atoms with E-state index in [1.54, 1.807) is 6.07 Å². The summed E-state index contributed by atoms with van der Waals surface area (Å²) in [4.78, 5) is 10.6. The zero-order chi connectivity index (χ0) is 86.6. The predicted molar refractivity (Wildman–Crippen MR) is 507 cm³/mol. The van der Waals surface area contributed by atoms with E-state index in [1.165, 1.54) is 0 Å². The van der Waals surface area contributed by atoms with Gasteiger partial charge in [-0.3, -0.25) is 9.13 Å². The molecular formula is C114H62N14. The fourth-order valence-corrected chi connectivity index (χ4v) is 18.3. The Balaban J connectivity index is 0.000000160. The molecule has 0 aliphatic carbocycles. The normalized spacial score (nSPS) is 11.1. The molecule has 0 atom stereocenters. The molecule has 0 spiro atoms. The standard InChI is InChI=1S/C64H34N8.C50H28N6/c65-34-40-10-9-15-41(28-40)54-33-64(72-61-26-22-44(52-18-7-3-13-48(52)37-68)31-57(61)58-32-45(23-27-62(58)72)53-19-8-4-14-49(53)38-69)70-39-63(54)71-59-24-20-42(50-16-5-1-11-46(50)35-66)29-55(59)56-30-43(21-25-60(56)71)51-17-6-2-12-47(51)36-67;51-28-32-8-5-11-35(22-32)37-18-20-42-40-14-1-3-16-45(40)55(47(42)25-37)49-31-54-50(27-44(49)39-13-7-10-34(24-39)30-53)56-46-17-4-2-15-41(46)43-21-19-38(26-48(43)56)36-12-6-9-33(23-36)29-52/h1-33,39H;1-27,31H. The number of hydrogen-bond donors (Lipinski definition) is 0. The number of para-hydroxylation sites is 2. The van der Waals surface area contributed by atoms with Gasteiger partial charge < -0.3 is 9.13 Å². The fraction of sp³-hybridized carbons (Fsp3) is 0. The molecule has 128 heavy (non-hydrogen) atoms. The highest BCUT2D eigenvalue weighted by molar-refractivity contribution is 6.16. The van der Waals surface area contributed by atoms with Gasteiger partial charge in [0, 0.05) is 54.2 Å². The van der Waals surface area contributed by atoms with Crippen molar-refractivity contribution in [2.24, 2.45) is 0 Å². The van der Waals surface area contributed by atoms with Gasteiger partial charge in [0.15, 0.2) is 0 Å². The Bertz CT molecular complexity index is 8620. The molecule has 0 N–H and O–H groups in total. The molecule has 0 fully saturated rings. The number of fused-ring (bicyclic) bond motifs is 12. The van der Waals surface area contributed by atoms with Crippen molar-refractivity contribution in [2.45, 2.75) is 0 Å². The minimum Gasteiger partial charge on any atom is -0.307 e. The molecule has 14 nitrogen and oxygen atoms in total. The largest absolute Gasteiger partial charge is 0.307 e. The van der Waals surface area contributed by atoms with Crippen molar-refractivity contribution in [1.82, 2.24) is 28.2 Å². The van der Waals surface area contributed by atoms with Crippen molar-refractivity contribution in [1.29, 1.82) is 42.1 Å². The molecule has 22 aromatic rings. The third-order valence-electron chi connectivity index (χ3n) is 24.2.